The fourth-order valence-corrected chi connectivity index (χ4v) is 2.93. The minimum Gasteiger partial charge on any atom is -0.481 e. The molecule has 20 heavy (non-hydrogen) atoms. The Kier molecular flexibility index (Phi) is 4.83. The van der Waals surface area contributed by atoms with Gasteiger partial charge in [0.2, 0.25) is 0 Å². The summed E-state index contributed by atoms with van der Waals surface area (Å²) in [5.74, 6) is -1.05. The molecular formula is C14H21N3O3. The van der Waals surface area contributed by atoms with E-state index in [0.717, 1.165) is 25.7 Å². The van der Waals surface area contributed by atoms with Crippen molar-refractivity contribution in [3.63, 3.8) is 0 Å². The molecule has 0 saturated heterocycles. The molecule has 6 nitrogen and oxygen atoms in total. The van der Waals surface area contributed by atoms with Gasteiger partial charge in [-0.15, -0.1) is 0 Å². The van der Waals surface area contributed by atoms with Gasteiger partial charge in [-0.3, -0.25) is 4.79 Å². The van der Waals surface area contributed by atoms with Crippen molar-refractivity contribution < 1.29 is 14.7 Å². The number of nitrogens with one attached hydrogen (secondary N) is 1. The maximum atomic E-state index is 12.1. The van der Waals surface area contributed by atoms with E-state index in [0.29, 0.717) is 25.9 Å². The first-order valence-electron chi connectivity index (χ1n) is 7.27. The molecule has 2 aliphatic rings. The number of carbonyl (C=O) groups is 2. The molecule has 0 heterocycles. The van der Waals surface area contributed by atoms with E-state index in [1.54, 1.807) is 4.90 Å². The number of nitrogens with zero attached hydrogens (tertiary/aromatic N) is 2. The number of nitriles is 1. The van der Waals surface area contributed by atoms with Gasteiger partial charge in [0.15, 0.2) is 0 Å². The third-order valence-corrected chi connectivity index (χ3v) is 4.20. The van der Waals surface area contributed by atoms with E-state index in [9.17, 15) is 9.59 Å². The largest absolute Gasteiger partial charge is 0.481 e. The molecule has 2 rings (SSSR count). The topological polar surface area (TPSA) is 93.4 Å². The fraction of sp³-hybridized carbons (Fsp3) is 0.786. The highest BCUT2D eigenvalue weighted by Gasteiger charge is 2.35. The lowest BCUT2D eigenvalue weighted by atomic mass is 9.96. The molecule has 0 aromatic rings. The summed E-state index contributed by atoms with van der Waals surface area (Å²) in [5.41, 5.74) is 0. The Morgan fingerprint density at radius 1 is 1.30 bits per heavy atom. The first-order valence-corrected chi connectivity index (χ1v) is 7.27. The summed E-state index contributed by atoms with van der Waals surface area (Å²) in [7, 11) is 0. The van der Waals surface area contributed by atoms with Crippen LogP contribution in [0.1, 0.15) is 38.5 Å². The molecule has 110 valence electrons. The molecule has 0 bridgehead atoms. The summed E-state index contributed by atoms with van der Waals surface area (Å²) in [6, 6.07) is 2.17. The molecule has 2 atom stereocenters. The van der Waals surface area contributed by atoms with Crippen LogP contribution in [0.4, 0.5) is 4.79 Å². The highest BCUT2D eigenvalue weighted by Crippen LogP contribution is 2.31. The van der Waals surface area contributed by atoms with E-state index in [4.69, 9.17) is 10.4 Å². The summed E-state index contributed by atoms with van der Waals surface area (Å²) in [6.45, 7) is 0.881. The second-order valence-electron chi connectivity index (χ2n) is 5.65. The molecule has 0 aromatic heterocycles. The predicted molar refractivity (Wildman–Crippen MR) is 71.8 cm³/mol. The van der Waals surface area contributed by atoms with E-state index in [1.165, 1.54) is 0 Å². The highest BCUT2D eigenvalue weighted by atomic mass is 16.4. The molecule has 0 spiro atoms. The van der Waals surface area contributed by atoms with Crippen LogP contribution in [-0.2, 0) is 4.79 Å². The SMILES string of the molecule is N#CCCN(C(=O)NCC1CCCC1C(=O)O)C1CC1. The van der Waals surface area contributed by atoms with Crippen LogP contribution in [0.25, 0.3) is 0 Å². The van der Waals surface area contributed by atoms with Crippen LogP contribution >= 0.6 is 0 Å². The first kappa shape index (κ1) is 14.6. The molecule has 0 radical (unpaired) electrons. The molecule has 0 aromatic carbocycles. The Labute approximate surface area is 118 Å². The van der Waals surface area contributed by atoms with Gasteiger partial charge in [0, 0.05) is 19.1 Å². The van der Waals surface area contributed by atoms with Gasteiger partial charge < -0.3 is 15.3 Å². The second kappa shape index (κ2) is 6.60. The smallest absolute Gasteiger partial charge is 0.317 e. The Bertz CT molecular complexity index is 414. The number of aliphatic carboxylic acids is 1. The van der Waals surface area contributed by atoms with Crippen molar-refractivity contribution in [1.29, 1.82) is 5.26 Å². The Hall–Kier alpha value is -1.77. The molecule has 2 unspecified atom stereocenters. The lowest BCUT2D eigenvalue weighted by molar-refractivity contribution is -0.142. The van der Waals surface area contributed by atoms with Crippen LogP contribution in [0.2, 0.25) is 0 Å². The fourth-order valence-electron chi connectivity index (χ4n) is 2.93. The number of amides is 2. The molecule has 2 N–H and O–H groups in total. The van der Waals surface area contributed by atoms with Gasteiger partial charge in [0.25, 0.3) is 0 Å². The Morgan fingerprint density at radius 3 is 2.65 bits per heavy atom. The average Bonchev–Trinajstić information content (AvgIpc) is 3.14. The van der Waals surface area contributed by atoms with Crippen molar-refractivity contribution in [2.24, 2.45) is 11.8 Å². The van der Waals surface area contributed by atoms with Crippen LogP contribution < -0.4 is 5.32 Å². The minimum absolute atomic E-state index is 0.0356. The summed E-state index contributed by atoms with van der Waals surface area (Å²) in [5, 5.41) is 20.6. The number of carboxylic acids is 1. The summed E-state index contributed by atoms with van der Waals surface area (Å²) in [4.78, 5) is 24.9. The number of rotatable bonds is 6. The van der Waals surface area contributed by atoms with Crippen molar-refractivity contribution in [3.8, 4) is 6.07 Å². The third kappa shape index (κ3) is 3.62. The highest BCUT2D eigenvalue weighted by molar-refractivity contribution is 5.75. The van der Waals surface area contributed by atoms with Gasteiger partial charge in [-0.2, -0.15) is 5.26 Å². The quantitative estimate of drug-likeness (QED) is 0.771. The van der Waals surface area contributed by atoms with Crippen molar-refractivity contribution in [1.82, 2.24) is 10.2 Å². The zero-order chi connectivity index (χ0) is 14.5. The second-order valence-corrected chi connectivity index (χ2v) is 5.65. The van der Waals surface area contributed by atoms with Crippen molar-refractivity contribution in [2.45, 2.75) is 44.6 Å². The van der Waals surface area contributed by atoms with Gasteiger partial charge in [0.05, 0.1) is 18.4 Å². The summed E-state index contributed by atoms with van der Waals surface area (Å²) < 4.78 is 0. The maximum Gasteiger partial charge on any atom is 0.317 e. The number of urea groups is 1. The zero-order valence-corrected chi connectivity index (χ0v) is 11.5. The molecular weight excluding hydrogens is 258 g/mol. The third-order valence-electron chi connectivity index (χ3n) is 4.20. The van der Waals surface area contributed by atoms with Gasteiger partial charge >= 0.3 is 12.0 Å². The van der Waals surface area contributed by atoms with Crippen molar-refractivity contribution in [2.75, 3.05) is 13.1 Å². The van der Waals surface area contributed by atoms with Crippen LogP contribution in [0.3, 0.4) is 0 Å². The lowest BCUT2D eigenvalue weighted by Gasteiger charge is -2.23. The Balaban J connectivity index is 1.81. The van der Waals surface area contributed by atoms with E-state index in [-0.39, 0.29) is 23.9 Å². The molecule has 2 aliphatic carbocycles. The Morgan fingerprint density at radius 2 is 2.05 bits per heavy atom. The van der Waals surface area contributed by atoms with Crippen molar-refractivity contribution in [3.05, 3.63) is 0 Å². The number of hydrogen-bond donors (Lipinski definition) is 2. The van der Waals surface area contributed by atoms with Gasteiger partial charge in [-0.1, -0.05) is 6.42 Å². The monoisotopic (exact) mass is 279 g/mol. The van der Waals surface area contributed by atoms with E-state index < -0.39 is 5.97 Å². The van der Waals surface area contributed by atoms with E-state index in [1.807, 2.05) is 0 Å². The maximum absolute atomic E-state index is 12.1. The molecule has 0 aliphatic heterocycles. The minimum atomic E-state index is -0.759. The van der Waals surface area contributed by atoms with Crippen LogP contribution in [0, 0.1) is 23.2 Å². The average molecular weight is 279 g/mol. The normalized spacial score (nSPS) is 24.9. The molecule has 6 heteroatoms. The lowest BCUT2D eigenvalue weighted by Crippen LogP contribution is -2.44. The predicted octanol–water partition coefficient (Wildman–Crippen LogP) is 1.57. The number of hydrogen-bond acceptors (Lipinski definition) is 3. The van der Waals surface area contributed by atoms with E-state index in [2.05, 4.69) is 11.4 Å². The summed E-state index contributed by atoms with van der Waals surface area (Å²) >= 11 is 0. The standard InChI is InChI=1S/C14H21N3O3/c15-7-2-8-17(11-5-6-11)14(20)16-9-10-3-1-4-12(10)13(18)19/h10-12H,1-6,8-9H2,(H,16,20)(H,18,19). The summed E-state index contributed by atoms with van der Waals surface area (Å²) in [6.07, 6.45) is 4.82. The molecule has 2 amide bonds. The number of carboxylic acid groups (broad SMARTS) is 1. The molecule has 2 fully saturated rings. The number of carbonyl (C=O) groups excluding carboxylic acids is 1. The van der Waals surface area contributed by atoms with Gasteiger partial charge in [0.1, 0.15) is 0 Å². The zero-order valence-electron chi connectivity index (χ0n) is 11.5. The van der Waals surface area contributed by atoms with Gasteiger partial charge in [-0.05, 0) is 31.6 Å². The van der Waals surface area contributed by atoms with Crippen LogP contribution in [-0.4, -0.2) is 41.1 Å². The van der Waals surface area contributed by atoms with Crippen molar-refractivity contribution >= 4 is 12.0 Å². The van der Waals surface area contributed by atoms with E-state index >= 15 is 0 Å². The van der Waals surface area contributed by atoms with Crippen LogP contribution in [0.15, 0.2) is 0 Å². The van der Waals surface area contributed by atoms with Gasteiger partial charge in [-0.25, -0.2) is 4.79 Å². The first-order chi connectivity index (χ1) is 9.63. The molecule has 2 saturated carbocycles. The van der Waals surface area contributed by atoms with Crippen LogP contribution in [0.5, 0.6) is 0 Å².